The molecule has 0 radical (unpaired) electrons. The molecule has 0 bridgehead atoms. The van der Waals surface area contributed by atoms with E-state index in [0.717, 1.165) is 11.0 Å². The molecule has 26 heavy (non-hydrogen) atoms. The Labute approximate surface area is 149 Å². The molecule has 3 N–H and O–H groups in total. The molecule has 1 amide bonds. The number of rotatable bonds is 7. The summed E-state index contributed by atoms with van der Waals surface area (Å²) in [6, 6.07) is 3.04. The van der Waals surface area contributed by atoms with E-state index in [1.54, 1.807) is 6.92 Å². The van der Waals surface area contributed by atoms with Gasteiger partial charge in [0.15, 0.2) is 0 Å². The third-order valence-electron chi connectivity index (χ3n) is 3.77. The van der Waals surface area contributed by atoms with Crippen LogP contribution in [0, 0.1) is 0 Å². The second kappa shape index (κ2) is 8.75. The Morgan fingerprint density at radius 3 is 2.62 bits per heavy atom. The summed E-state index contributed by atoms with van der Waals surface area (Å²) in [5, 5.41) is 14.4. The number of H-pyrrole nitrogens is 1. The lowest BCUT2D eigenvalue weighted by molar-refractivity contribution is 0.0954. The Kier molecular flexibility index (Phi) is 6.42. The Balaban J connectivity index is 2.39. The first-order valence-electron chi connectivity index (χ1n) is 8.32. The zero-order chi connectivity index (χ0) is 19.1. The molecule has 2 heterocycles. The molecule has 0 aliphatic heterocycles. The van der Waals surface area contributed by atoms with E-state index in [4.69, 9.17) is 0 Å². The quantitative estimate of drug-likeness (QED) is 0.501. The van der Waals surface area contributed by atoms with Gasteiger partial charge < -0.3 is 5.11 Å². The van der Waals surface area contributed by atoms with E-state index in [1.807, 2.05) is 6.92 Å². The Morgan fingerprint density at radius 2 is 2.00 bits per heavy atom. The molecule has 138 valence electrons. The summed E-state index contributed by atoms with van der Waals surface area (Å²) in [4.78, 5) is 42.2. The van der Waals surface area contributed by atoms with Crippen LogP contribution in [0.1, 0.15) is 49.0 Å². The number of carbonyl (C=O) groups excluding carboxylic acids is 1. The summed E-state index contributed by atoms with van der Waals surface area (Å²) in [5.74, 6) is -0.931. The fourth-order valence-electron chi connectivity index (χ4n) is 2.34. The van der Waals surface area contributed by atoms with Crippen LogP contribution in [0.5, 0.6) is 5.88 Å². The summed E-state index contributed by atoms with van der Waals surface area (Å²) in [6.07, 6.45) is 4.69. The smallest absolute Gasteiger partial charge is 0.331 e. The maximum atomic E-state index is 12.2. The highest BCUT2D eigenvalue weighted by atomic mass is 16.3. The van der Waals surface area contributed by atoms with Gasteiger partial charge in [-0.3, -0.25) is 24.1 Å². The van der Waals surface area contributed by atoms with Gasteiger partial charge in [-0.2, -0.15) is 5.10 Å². The largest absolute Gasteiger partial charge is 0.494 e. The predicted octanol–water partition coefficient (Wildman–Crippen LogP) is 0.981. The molecule has 0 saturated carbocycles. The third kappa shape index (κ3) is 4.24. The second-order valence-electron chi connectivity index (χ2n) is 5.55. The third-order valence-corrected chi connectivity index (χ3v) is 3.77. The molecular formula is C17H21N5O4. The minimum atomic E-state index is -0.751. The van der Waals surface area contributed by atoms with Crippen LogP contribution >= 0.6 is 0 Å². The Hall–Kier alpha value is -3.23. The lowest BCUT2D eigenvalue weighted by atomic mass is 10.1. The fraction of sp³-hybridized carbons (Fsp3) is 0.353. The molecule has 9 heteroatoms. The number of carbonyl (C=O) groups is 1. The van der Waals surface area contributed by atoms with Crippen LogP contribution in [-0.2, 0) is 6.54 Å². The highest BCUT2D eigenvalue weighted by Crippen LogP contribution is 2.14. The number of nitrogens with zero attached hydrogens (tertiary/aromatic N) is 3. The summed E-state index contributed by atoms with van der Waals surface area (Å²) in [6.45, 7) is 3.94. The molecule has 2 aromatic heterocycles. The number of aromatic amines is 1. The normalized spacial score (nSPS) is 11.4. The Bertz CT molecular complexity index is 915. The van der Waals surface area contributed by atoms with Crippen molar-refractivity contribution in [3.8, 4) is 5.88 Å². The standard InChI is InChI=1S/C17H21N5O4/c1-3-5-10-22-16(25)13(15(24)19-17(22)26)12(4-2)20-21-14(23)11-6-8-18-9-7-11/h6-9,25H,3-5,10H2,1-2H3,(H,21,23)(H,19,24,26)/b20-12+. The van der Waals surface area contributed by atoms with Crippen molar-refractivity contribution in [2.24, 2.45) is 5.10 Å². The first-order chi connectivity index (χ1) is 12.5. The lowest BCUT2D eigenvalue weighted by Crippen LogP contribution is -2.34. The van der Waals surface area contributed by atoms with Crippen molar-refractivity contribution in [2.45, 2.75) is 39.7 Å². The van der Waals surface area contributed by atoms with Crippen LogP contribution in [0.3, 0.4) is 0 Å². The maximum absolute atomic E-state index is 12.2. The van der Waals surface area contributed by atoms with Crippen LogP contribution in [-0.4, -0.2) is 31.3 Å². The molecule has 0 fully saturated rings. The second-order valence-corrected chi connectivity index (χ2v) is 5.55. The molecule has 2 aromatic rings. The predicted molar refractivity (Wildman–Crippen MR) is 96.4 cm³/mol. The van der Waals surface area contributed by atoms with E-state index in [1.165, 1.54) is 24.5 Å². The molecule has 0 spiro atoms. The van der Waals surface area contributed by atoms with Gasteiger partial charge in [-0.15, -0.1) is 0 Å². The van der Waals surface area contributed by atoms with Crippen LogP contribution in [0.15, 0.2) is 39.2 Å². The van der Waals surface area contributed by atoms with Crippen molar-refractivity contribution in [2.75, 3.05) is 0 Å². The van der Waals surface area contributed by atoms with Crippen molar-refractivity contribution in [3.05, 3.63) is 56.5 Å². The molecule has 0 aliphatic rings. The zero-order valence-electron chi connectivity index (χ0n) is 14.7. The van der Waals surface area contributed by atoms with Crippen molar-refractivity contribution in [1.82, 2.24) is 20.0 Å². The summed E-state index contributed by atoms with van der Waals surface area (Å²) in [5.41, 5.74) is 1.31. The summed E-state index contributed by atoms with van der Waals surface area (Å²) < 4.78 is 1.09. The number of unbranched alkanes of at least 4 members (excludes halogenated alkanes) is 1. The van der Waals surface area contributed by atoms with Gasteiger partial charge in [-0.25, -0.2) is 10.2 Å². The van der Waals surface area contributed by atoms with E-state index in [2.05, 4.69) is 20.5 Å². The first-order valence-corrected chi connectivity index (χ1v) is 8.32. The van der Waals surface area contributed by atoms with E-state index in [0.29, 0.717) is 12.0 Å². The van der Waals surface area contributed by atoms with Gasteiger partial charge in [0.05, 0.1) is 5.71 Å². The highest BCUT2D eigenvalue weighted by Gasteiger charge is 2.18. The van der Waals surface area contributed by atoms with Crippen molar-refractivity contribution in [1.29, 1.82) is 0 Å². The summed E-state index contributed by atoms with van der Waals surface area (Å²) >= 11 is 0. The van der Waals surface area contributed by atoms with Gasteiger partial charge >= 0.3 is 5.69 Å². The molecule has 0 saturated heterocycles. The number of aromatic hydroxyl groups is 1. The number of amides is 1. The van der Waals surface area contributed by atoms with Crippen LogP contribution < -0.4 is 16.7 Å². The van der Waals surface area contributed by atoms with Crippen molar-refractivity contribution in [3.63, 3.8) is 0 Å². The SMILES string of the molecule is CCCCn1c(O)c(/C(CC)=N/NC(=O)c2ccncc2)c(=O)[nH]c1=O. The maximum Gasteiger partial charge on any atom is 0.331 e. The monoisotopic (exact) mass is 359 g/mol. The van der Waals surface area contributed by atoms with Crippen LogP contribution in [0.25, 0.3) is 0 Å². The number of nitrogens with one attached hydrogen (secondary N) is 2. The van der Waals surface area contributed by atoms with Gasteiger partial charge in [0.1, 0.15) is 5.56 Å². The fourth-order valence-corrected chi connectivity index (χ4v) is 2.34. The molecule has 0 atom stereocenters. The van der Waals surface area contributed by atoms with E-state index in [-0.39, 0.29) is 24.2 Å². The molecule has 0 aliphatic carbocycles. The average Bonchev–Trinajstić information content (AvgIpc) is 2.64. The number of pyridine rings is 1. The average molecular weight is 359 g/mol. The molecule has 0 aromatic carbocycles. The van der Waals surface area contributed by atoms with Gasteiger partial charge in [0.25, 0.3) is 11.5 Å². The van der Waals surface area contributed by atoms with E-state index >= 15 is 0 Å². The van der Waals surface area contributed by atoms with Crippen LogP contribution in [0.2, 0.25) is 0 Å². The number of aromatic nitrogens is 3. The van der Waals surface area contributed by atoms with E-state index in [9.17, 15) is 19.5 Å². The number of hydrogen-bond acceptors (Lipinski definition) is 6. The zero-order valence-corrected chi connectivity index (χ0v) is 14.7. The topological polar surface area (TPSA) is 129 Å². The minimum absolute atomic E-state index is 0.127. The number of hydrazone groups is 1. The van der Waals surface area contributed by atoms with Gasteiger partial charge in [0.2, 0.25) is 5.88 Å². The highest BCUT2D eigenvalue weighted by molar-refractivity contribution is 6.03. The summed E-state index contributed by atoms with van der Waals surface area (Å²) in [7, 11) is 0. The molecular weight excluding hydrogens is 338 g/mol. The van der Waals surface area contributed by atoms with Gasteiger partial charge in [-0.05, 0) is 25.0 Å². The van der Waals surface area contributed by atoms with Gasteiger partial charge in [-0.1, -0.05) is 20.3 Å². The molecule has 2 rings (SSSR count). The van der Waals surface area contributed by atoms with E-state index < -0.39 is 23.0 Å². The van der Waals surface area contributed by atoms with Crippen molar-refractivity contribution < 1.29 is 9.90 Å². The lowest BCUT2D eigenvalue weighted by Gasteiger charge is -2.12. The molecule has 9 nitrogen and oxygen atoms in total. The minimum Gasteiger partial charge on any atom is -0.494 e. The molecule has 0 unspecified atom stereocenters. The van der Waals surface area contributed by atoms with Gasteiger partial charge in [0, 0.05) is 24.5 Å². The number of hydrogen-bond donors (Lipinski definition) is 3. The van der Waals surface area contributed by atoms with Crippen molar-refractivity contribution >= 4 is 11.6 Å². The first kappa shape index (κ1) is 19.1. The van der Waals surface area contributed by atoms with Crippen LogP contribution in [0.4, 0.5) is 0 Å². The Morgan fingerprint density at radius 1 is 1.31 bits per heavy atom.